The quantitative estimate of drug-likeness (QED) is 0.331. The molecule has 4 bridgehead atoms. The van der Waals surface area contributed by atoms with Gasteiger partial charge < -0.3 is 9.47 Å². The number of H-pyrrole nitrogens is 1. The molecule has 7 atom stereocenters. The molecule has 7 unspecified atom stereocenters. The van der Waals surface area contributed by atoms with Gasteiger partial charge in [0, 0.05) is 12.0 Å². The summed E-state index contributed by atoms with van der Waals surface area (Å²) in [5, 5.41) is 0. The van der Waals surface area contributed by atoms with Crippen molar-refractivity contribution in [2.75, 3.05) is 0 Å². The molecule has 0 aliphatic heterocycles. The van der Waals surface area contributed by atoms with E-state index < -0.39 is 5.41 Å². The number of rotatable bonds is 7. The number of aromatic amines is 1. The highest BCUT2D eigenvalue weighted by Gasteiger charge is 2.68. The monoisotopic (exact) mass is 513 g/mol. The van der Waals surface area contributed by atoms with Crippen LogP contribution in [-0.2, 0) is 14.3 Å². The molecule has 0 radical (unpaired) electrons. The van der Waals surface area contributed by atoms with Crippen LogP contribution in [0.25, 0.3) is 0 Å². The van der Waals surface area contributed by atoms with Crippen molar-refractivity contribution >= 4 is 11.9 Å². The molecule has 0 spiro atoms. The van der Waals surface area contributed by atoms with E-state index in [0.29, 0.717) is 12.3 Å². The average molecular weight is 514 g/mol. The van der Waals surface area contributed by atoms with Crippen LogP contribution in [-0.4, -0.2) is 22.5 Å². The third-order valence-electron chi connectivity index (χ3n) is 10.6. The van der Waals surface area contributed by atoms with E-state index in [2.05, 4.69) is 18.8 Å². The van der Waals surface area contributed by atoms with Crippen LogP contribution in [0, 0.1) is 46.3 Å². The van der Waals surface area contributed by atoms with E-state index in [-0.39, 0.29) is 34.4 Å². The first-order valence-electron chi connectivity index (χ1n) is 14.5. The number of pyridine rings is 1. The van der Waals surface area contributed by atoms with Crippen LogP contribution in [0.1, 0.15) is 99.8 Å². The van der Waals surface area contributed by atoms with Crippen molar-refractivity contribution in [1.82, 2.24) is 4.98 Å². The lowest BCUT2D eigenvalue weighted by Crippen LogP contribution is -2.49. The van der Waals surface area contributed by atoms with E-state index in [1.165, 1.54) is 31.7 Å². The van der Waals surface area contributed by atoms with Gasteiger partial charge in [0.05, 0.1) is 10.8 Å². The fourth-order valence-electron chi connectivity index (χ4n) is 7.63. The maximum absolute atomic E-state index is 12.7. The SMILES string of the molecule is CCC(C)(C)C(=O)OC1(CC)CC2CC1C1C3CCC(C3)C21.CCC(C)(C)C(=O)Oc1cccc(=O)[nH]1. The van der Waals surface area contributed by atoms with Crippen LogP contribution in [0.5, 0.6) is 5.88 Å². The lowest BCUT2D eigenvalue weighted by Gasteiger charge is -2.46. The first-order chi connectivity index (χ1) is 17.4. The maximum atomic E-state index is 12.7. The summed E-state index contributed by atoms with van der Waals surface area (Å²) in [5.41, 5.74) is -1.28. The van der Waals surface area contributed by atoms with E-state index in [1.807, 2.05) is 20.8 Å². The molecule has 4 aliphatic rings. The van der Waals surface area contributed by atoms with Gasteiger partial charge in [-0.3, -0.25) is 19.4 Å². The zero-order valence-corrected chi connectivity index (χ0v) is 23.9. The van der Waals surface area contributed by atoms with Crippen LogP contribution in [0.3, 0.4) is 0 Å². The van der Waals surface area contributed by atoms with Crippen LogP contribution in [0.4, 0.5) is 0 Å². The van der Waals surface area contributed by atoms with Crippen LogP contribution >= 0.6 is 0 Å². The van der Waals surface area contributed by atoms with Gasteiger partial charge >= 0.3 is 11.9 Å². The predicted octanol–water partition coefficient (Wildman–Crippen LogP) is 6.53. The Morgan fingerprint density at radius 3 is 2.14 bits per heavy atom. The number of ether oxygens (including phenoxy) is 2. The molecule has 206 valence electrons. The first kappa shape index (κ1) is 27.9. The zero-order chi connectivity index (χ0) is 27.2. The number of carbonyl (C=O) groups excluding carboxylic acids is 2. The standard InChI is InChI=1S/C20H32O2.C11H15NO3/c1-5-19(3,4)18(21)22-20(6-2)11-14-10-15(20)17-13-8-7-12(9-13)16(14)17;1-4-11(2,3)10(14)15-9-7-5-6-8(13)12-9/h12-17H,5-11H2,1-4H3;5-7H,4H2,1-3H3,(H,12,13). The molecular formula is C31H47NO5. The maximum Gasteiger partial charge on any atom is 0.318 e. The largest absolute Gasteiger partial charge is 0.458 e. The number of fused-ring (bicyclic) bond motifs is 9. The Hall–Kier alpha value is -2.11. The predicted molar refractivity (Wildman–Crippen MR) is 144 cm³/mol. The highest BCUT2D eigenvalue weighted by Crippen LogP contribution is 2.71. The molecule has 1 heterocycles. The third-order valence-corrected chi connectivity index (χ3v) is 10.6. The summed E-state index contributed by atoms with van der Waals surface area (Å²) in [6, 6.07) is 4.45. The van der Waals surface area contributed by atoms with Gasteiger partial charge in [0.15, 0.2) is 0 Å². The summed E-state index contributed by atoms with van der Waals surface area (Å²) in [5.74, 6) is 5.25. The molecule has 37 heavy (non-hydrogen) atoms. The molecule has 4 aliphatic carbocycles. The lowest BCUT2D eigenvalue weighted by atomic mass is 9.65. The first-order valence-corrected chi connectivity index (χ1v) is 14.5. The van der Waals surface area contributed by atoms with Gasteiger partial charge in [-0.05, 0) is 115 Å². The molecule has 6 heteroatoms. The Morgan fingerprint density at radius 2 is 1.54 bits per heavy atom. The Labute approximate surface area is 222 Å². The molecule has 4 fully saturated rings. The highest BCUT2D eigenvalue weighted by molar-refractivity contribution is 5.78. The minimum absolute atomic E-state index is 0.0455. The van der Waals surface area contributed by atoms with Crippen molar-refractivity contribution in [2.45, 2.75) is 105 Å². The minimum atomic E-state index is -0.535. The summed E-state index contributed by atoms with van der Waals surface area (Å²) in [7, 11) is 0. The topological polar surface area (TPSA) is 85.5 Å². The van der Waals surface area contributed by atoms with Gasteiger partial charge in [0.1, 0.15) is 5.60 Å². The second-order valence-corrected chi connectivity index (χ2v) is 13.3. The van der Waals surface area contributed by atoms with Crippen molar-refractivity contribution in [3.05, 3.63) is 28.6 Å². The van der Waals surface area contributed by atoms with Crippen LogP contribution < -0.4 is 10.3 Å². The van der Waals surface area contributed by atoms with E-state index in [9.17, 15) is 14.4 Å². The van der Waals surface area contributed by atoms with Gasteiger partial charge in [-0.25, -0.2) is 0 Å². The molecule has 1 aromatic heterocycles. The van der Waals surface area contributed by atoms with E-state index in [4.69, 9.17) is 9.47 Å². The van der Waals surface area contributed by atoms with Gasteiger partial charge in [0.25, 0.3) is 5.56 Å². The molecule has 0 saturated heterocycles. The second kappa shape index (κ2) is 10.2. The van der Waals surface area contributed by atoms with E-state index in [1.54, 1.807) is 26.0 Å². The number of esters is 2. The molecule has 5 rings (SSSR count). The van der Waals surface area contributed by atoms with E-state index in [0.717, 1.165) is 48.9 Å². The fraction of sp³-hybridized carbons (Fsp3) is 0.774. The van der Waals surface area contributed by atoms with Crippen molar-refractivity contribution in [3.8, 4) is 5.88 Å². The summed E-state index contributed by atoms with van der Waals surface area (Å²) >= 11 is 0. The smallest absolute Gasteiger partial charge is 0.318 e. The summed E-state index contributed by atoms with van der Waals surface area (Å²) < 4.78 is 11.4. The zero-order valence-electron chi connectivity index (χ0n) is 23.9. The molecule has 6 nitrogen and oxygen atoms in total. The van der Waals surface area contributed by atoms with Crippen molar-refractivity contribution in [1.29, 1.82) is 0 Å². The summed E-state index contributed by atoms with van der Waals surface area (Å²) in [6.45, 7) is 13.9. The van der Waals surface area contributed by atoms with Gasteiger partial charge in [-0.15, -0.1) is 0 Å². The number of aromatic nitrogens is 1. The van der Waals surface area contributed by atoms with Crippen molar-refractivity contribution < 1.29 is 19.1 Å². The molecule has 4 saturated carbocycles. The molecule has 0 amide bonds. The van der Waals surface area contributed by atoms with Gasteiger partial charge in [-0.2, -0.15) is 0 Å². The summed E-state index contributed by atoms with van der Waals surface area (Å²) in [6.07, 6.45) is 9.47. The number of carbonyl (C=O) groups is 2. The van der Waals surface area contributed by atoms with Crippen LogP contribution in [0.15, 0.2) is 23.0 Å². The third kappa shape index (κ3) is 5.14. The minimum Gasteiger partial charge on any atom is -0.458 e. The number of hydrogen-bond acceptors (Lipinski definition) is 5. The number of nitrogens with one attached hydrogen (secondary N) is 1. The Bertz CT molecular complexity index is 1060. The Kier molecular flexibility index (Phi) is 7.71. The van der Waals surface area contributed by atoms with Crippen LogP contribution in [0.2, 0.25) is 0 Å². The van der Waals surface area contributed by atoms with Crippen molar-refractivity contribution in [2.24, 2.45) is 46.3 Å². The lowest BCUT2D eigenvalue weighted by molar-refractivity contribution is -0.183. The summed E-state index contributed by atoms with van der Waals surface area (Å²) in [4.78, 5) is 37.7. The second-order valence-electron chi connectivity index (χ2n) is 13.3. The van der Waals surface area contributed by atoms with E-state index >= 15 is 0 Å². The van der Waals surface area contributed by atoms with Crippen molar-refractivity contribution in [3.63, 3.8) is 0 Å². The molecule has 1 N–H and O–H groups in total. The normalized spacial score (nSPS) is 33.5. The van der Waals surface area contributed by atoms with Gasteiger partial charge in [0.2, 0.25) is 5.88 Å². The number of hydrogen-bond donors (Lipinski definition) is 1. The highest BCUT2D eigenvalue weighted by atomic mass is 16.6. The Morgan fingerprint density at radius 1 is 0.919 bits per heavy atom. The Balaban J connectivity index is 0.000000188. The van der Waals surface area contributed by atoms with Gasteiger partial charge in [-0.1, -0.05) is 26.8 Å². The molecular weight excluding hydrogens is 466 g/mol. The molecule has 1 aromatic rings. The average Bonchev–Trinajstić information content (AvgIpc) is 3.64. The molecule has 0 aromatic carbocycles. The fourth-order valence-corrected chi connectivity index (χ4v) is 7.63.